The molecule has 2 rings (SSSR count). The molecule has 0 radical (unpaired) electrons. The quantitative estimate of drug-likeness (QED) is 0.746. The topological polar surface area (TPSA) is 34.1 Å². The molecular weight excluding hydrogens is 383 g/mol. The monoisotopic (exact) mass is 390 g/mol. The molecule has 1 heterocycles. The van der Waals surface area contributed by atoms with Crippen molar-refractivity contribution in [1.29, 1.82) is 0 Å². The SMILES string of the molecule is COc1cc(Nc2ccnc(Cl)c2)c(Br)cc1Br. The highest BCUT2D eigenvalue weighted by Gasteiger charge is 2.07. The predicted octanol–water partition coefficient (Wildman–Crippen LogP) is 5.01. The molecule has 1 aromatic carbocycles. The third-order valence-corrected chi connectivity index (χ3v) is 3.73. The smallest absolute Gasteiger partial charge is 0.135 e. The average Bonchev–Trinajstić information content (AvgIpc) is 2.33. The van der Waals surface area contributed by atoms with Gasteiger partial charge in [-0.2, -0.15) is 0 Å². The highest BCUT2D eigenvalue weighted by Crippen LogP contribution is 2.36. The van der Waals surface area contributed by atoms with Gasteiger partial charge >= 0.3 is 0 Å². The van der Waals surface area contributed by atoms with E-state index in [1.165, 1.54) is 0 Å². The van der Waals surface area contributed by atoms with Crippen molar-refractivity contribution in [3.63, 3.8) is 0 Å². The Hall–Kier alpha value is -0.780. The number of aromatic nitrogens is 1. The molecule has 1 aromatic heterocycles. The van der Waals surface area contributed by atoms with Gasteiger partial charge in [0.1, 0.15) is 10.9 Å². The van der Waals surface area contributed by atoms with Crippen LogP contribution in [0.5, 0.6) is 5.75 Å². The number of hydrogen-bond donors (Lipinski definition) is 1. The summed E-state index contributed by atoms with van der Waals surface area (Å²) >= 11 is 12.8. The van der Waals surface area contributed by atoms with E-state index in [0.717, 1.165) is 26.1 Å². The van der Waals surface area contributed by atoms with Crippen LogP contribution in [0.15, 0.2) is 39.4 Å². The number of hydrogen-bond acceptors (Lipinski definition) is 3. The van der Waals surface area contributed by atoms with Crippen LogP contribution >= 0.6 is 43.5 Å². The molecule has 0 aliphatic rings. The Morgan fingerprint density at radius 1 is 1.22 bits per heavy atom. The van der Waals surface area contributed by atoms with Gasteiger partial charge in [0.2, 0.25) is 0 Å². The predicted molar refractivity (Wildman–Crippen MR) is 80.9 cm³/mol. The lowest BCUT2D eigenvalue weighted by molar-refractivity contribution is 0.412. The van der Waals surface area contributed by atoms with Crippen molar-refractivity contribution in [2.24, 2.45) is 0 Å². The highest BCUT2D eigenvalue weighted by atomic mass is 79.9. The number of ether oxygens (including phenoxy) is 1. The van der Waals surface area contributed by atoms with Crippen molar-refractivity contribution in [3.8, 4) is 5.75 Å². The second-order valence-electron chi connectivity index (χ2n) is 3.46. The van der Waals surface area contributed by atoms with E-state index in [1.54, 1.807) is 19.4 Å². The Bertz CT molecular complexity index is 578. The van der Waals surface area contributed by atoms with E-state index in [-0.39, 0.29) is 0 Å². The molecule has 0 bridgehead atoms. The minimum absolute atomic E-state index is 0.445. The molecule has 0 saturated heterocycles. The van der Waals surface area contributed by atoms with Crippen LogP contribution in [0.2, 0.25) is 5.15 Å². The number of pyridine rings is 1. The number of anilines is 2. The van der Waals surface area contributed by atoms with E-state index in [2.05, 4.69) is 42.2 Å². The molecule has 94 valence electrons. The molecule has 3 nitrogen and oxygen atoms in total. The average molecular weight is 392 g/mol. The second-order valence-corrected chi connectivity index (χ2v) is 5.55. The molecule has 6 heteroatoms. The van der Waals surface area contributed by atoms with E-state index in [9.17, 15) is 0 Å². The fraction of sp³-hybridized carbons (Fsp3) is 0.0833. The molecule has 18 heavy (non-hydrogen) atoms. The summed E-state index contributed by atoms with van der Waals surface area (Å²) in [6.07, 6.45) is 1.65. The first-order chi connectivity index (χ1) is 8.60. The standard InChI is InChI=1S/C12H9Br2ClN2O/c1-18-11-6-10(8(13)5-9(11)14)17-7-2-3-16-12(15)4-7/h2-6H,1H3,(H,16,17). The van der Waals surface area contributed by atoms with Gasteiger partial charge in [-0.25, -0.2) is 4.98 Å². The lowest BCUT2D eigenvalue weighted by atomic mass is 10.3. The zero-order chi connectivity index (χ0) is 13.1. The van der Waals surface area contributed by atoms with E-state index in [1.807, 2.05) is 18.2 Å². The van der Waals surface area contributed by atoms with Gasteiger partial charge in [0.15, 0.2) is 0 Å². The van der Waals surface area contributed by atoms with Crippen LogP contribution in [0, 0.1) is 0 Å². The van der Waals surface area contributed by atoms with Crippen molar-refractivity contribution in [1.82, 2.24) is 4.98 Å². The summed E-state index contributed by atoms with van der Waals surface area (Å²) in [6.45, 7) is 0. The van der Waals surface area contributed by atoms with E-state index >= 15 is 0 Å². The fourth-order valence-corrected chi connectivity index (χ4v) is 2.85. The van der Waals surface area contributed by atoms with Crippen molar-refractivity contribution >= 4 is 54.8 Å². The summed E-state index contributed by atoms with van der Waals surface area (Å²) in [4.78, 5) is 3.93. The van der Waals surface area contributed by atoms with Crippen LogP contribution < -0.4 is 10.1 Å². The van der Waals surface area contributed by atoms with E-state index in [4.69, 9.17) is 16.3 Å². The van der Waals surface area contributed by atoms with Gasteiger partial charge in [-0.3, -0.25) is 0 Å². The van der Waals surface area contributed by atoms with Crippen LogP contribution in [0.1, 0.15) is 0 Å². The molecular formula is C12H9Br2ClN2O. The molecule has 0 unspecified atom stereocenters. The number of nitrogens with one attached hydrogen (secondary N) is 1. The largest absolute Gasteiger partial charge is 0.495 e. The maximum absolute atomic E-state index is 5.84. The Morgan fingerprint density at radius 3 is 2.67 bits per heavy atom. The highest BCUT2D eigenvalue weighted by molar-refractivity contribution is 9.11. The summed E-state index contributed by atoms with van der Waals surface area (Å²) in [6, 6.07) is 7.40. The number of halogens is 3. The van der Waals surface area contributed by atoms with Crippen molar-refractivity contribution in [2.45, 2.75) is 0 Å². The normalized spacial score (nSPS) is 10.2. The van der Waals surface area contributed by atoms with E-state index < -0.39 is 0 Å². The van der Waals surface area contributed by atoms with E-state index in [0.29, 0.717) is 5.15 Å². The lowest BCUT2D eigenvalue weighted by Crippen LogP contribution is -1.94. The Balaban J connectivity index is 2.34. The van der Waals surface area contributed by atoms with Gasteiger partial charge in [-0.1, -0.05) is 11.6 Å². The van der Waals surface area contributed by atoms with Gasteiger partial charge in [0, 0.05) is 22.4 Å². The van der Waals surface area contributed by atoms with Gasteiger partial charge < -0.3 is 10.1 Å². The van der Waals surface area contributed by atoms with Crippen LogP contribution in [0.25, 0.3) is 0 Å². The van der Waals surface area contributed by atoms with Crippen molar-refractivity contribution in [2.75, 3.05) is 12.4 Å². The molecule has 1 N–H and O–H groups in total. The Labute approximate surface area is 127 Å². The first-order valence-corrected chi connectivity index (χ1v) is 6.98. The summed E-state index contributed by atoms with van der Waals surface area (Å²) in [5, 5.41) is 3.69. The molecule has 0 amide bonds. The molecule has 0 atom stereocenters. The minimum atomic E-state index is 0.445. The number of rotatable bonds is 3. The van der Waals surface area contributed by atoms with Crippen LogP contribution in [-0.2, 0) is 0 Å². The molecule has 0 aliphatic carbocycles. The van der Waals surface area contributed by atoms with Crippen LogP contribution in [-0.4, -0.2) is 12.1 Å². The second kappa shape index (κ2) is 5.91. The fourth-order valence-electron chi connectivity index (χ4n) is 1.42. The number of nitrogens with zero attached hydrogens (tertiary/aromatic N) is 1. The van der Waals surface area contributed by atoms with Crippen molar-refractivity contribution in [3.05, 3.63) is 44.6 Å². The van der Waals surface area contributed by atoms with Crippen LogP contribution in [0.4, 0.5) is 11.4 Å². The van der Waals surface area contributed by atoms with Crippen molar-refractivity contribution < 1.29 is 4.74 Å². The first-order valence-electron chi connectivity index (χ1n) is 5.02. The number of benzene rings is 1. The maximum atomic E-state index is 5.84. The van der Waals surface area contributed by atoms with Gasteiger partial charge in [0.25, 0.3) is 0 Å². The summed E-state index contributed by atoms with van der Waals surface area (Å²) in [7, 11) is 1.63. The van der Waals surface area contributed by atoms with Crippen LogP contribution in [0.3, 0.4) is 0 Å². The molecule has 0 spiro atoms. The third kappa shape index (κ3) is 3.16. The molecule has 0 saturated carbocycles. The number of methoxy groups -OCH3 is 1. The Kier molecular flexibility index (Phi) is 4.48. The van der Waals surface area contributed by atoms with Gasteiger partial charge in [-0.15, -0.1) is 0 Å². The summed E-state index contributed by atoms with van der Waals surface area (Å²) in [5.74, 6) is 0.751. The zero-order valence-electron chi connectivity index (χ0n) is 9.38. The maximum Gasteiger partial charge on any atom is 0.135 e. The molecule has 0 fully saturated rings. The first kappa shape index (κ1) is 13.6. The van der Waals surface area contributed by atoms with Gasteiger partial charge in [-0.05, 0) is 50.1 Å². The third-order valence-electron chi connectivity index (χ3n) is 2.25. The molecule has 2 aromatic rings. The minimum Gasteiger partial charge on any atom is -0.495 e. The van der Waals surface area contributed by atoms with Gasteiger partial charge in [0.05, 0.1) is 17.3 Å². The zero-order valence-corrected chi connectivity index (χ0v) is 13.3. The lowest BCUT2D eigenvalue weighted by Gasteiger charge is -2.12. The Morgan fingerprint density at radius 2 is 2.00 bits per heavy atom. The summed E-state index contributed by atoms with van der Waals surface area (Å²) in [5.41, 5.74) is 1.75. The summed E-state index contributed by atoms with van der Waals surface area (Å²) < 4.78 is 7.06. The molecule has 0 aliphatic heterocycles.